The number of nitrogens with one attached hydrogen (secondary N) is 2. The summed E-state index contributed by atoms with van der Waals surface area (Å²) in [5.74, 6) is -1.69. The molecule has 0 aliphatic rings. The quantitative estimate of drug-likeness (QED) is 0.186. The second kappa shape index (κ2) is 10.2. The zero-order valence-corrected chi connectivity index (χ0v) is 17.7. The first kappa shape index (κ1) is 21.8. The van der Waals surface area contributed by atoms with Crippen LogP contribution in [0.1, 0.15) is 21.5 Å². The Labute approximate surface area is 186 Å². The Balaban J connectivity index is 1.79. The second-order valence-corrected chi connectivity index (χ2v) is 7.21. The molecule has 3 aromatic rings. The van der Waals surface area contributed by atoms with Gasteiger partial charge in [0.15, 0.2) is 11.5 Å². The molecule has 31 heavy (non-hydrogen) atoms. The lowest BCUT2D eigenvalue weighted by Gasteiger charge is -2.09. The Morgan fingerprint density at radius 2 is 1.55 bits per heavy atom. The van der Waals surface area contributed by atoms with E-state index in [0.717, 1.165) is 5.56 Å². The Hall–Kier alpha value is -3.91. The van der Waals surface area contributed by atoms with Gasteiger partial charge >= 0.3 is 0 Å². The molecule has 0 spiro atoms. The standard InChI is InChI=1S/C23H18BrN3O4/c24-18-11-16(13-20(28)21(18)29)14-25-27-23(31)19(12-15-7-3-1-4-8-15)26-22(30)17-9-5-2-6-10-17/h1-14,28-29H,(H,26,30)(H,27,31)/b19-12-,25-14+. The number of rotatable bonds is 6. The number of phenols is 2. The van der Waals surface area contributed by atoms with Crippen molar-refractivity contribution in [3.63, 3.8) is 0 Å². The van der Waals surface area contributed by atoms with Crippen molar-refractivity contribution in [2.75, 3.05) is 0 Å². The van der Waals surface area contributed by atoms with Crippen LogP contribution in [0, 0.1) is 0 Å². The van der Waals surface area contributed by atoms with Crippen LogP contribution in [-0.2, 0) is 4.79 Å². The lowest BCUT2D eigenvalue weighted by atomic mass is 10.1. The van der Waals surface area contributed by atoms with E-state index in [2.05, 4.69) is 31.8 Å². The van der Waals surface area contributed by atoms with Crippen LogP contribution in [0.25, 0.3) is 6.08 Å². The zero-order chi connectivity index (χ0) is 22.2. The lowest BCUT2D eigenvalue weighted by Crippen LogP contribution is -2.32. The molecule has 0 unspecified atom stereocenters. The number of nitrogens with zero attached hydrogens (tertiary/aromatic N) is 1. The molecule has 0 atom stereocenters. The van der Waals surface area contributed by atoms with Gasteiger partial charge in [-0.1, -0.05) is 48.5 Å². The van der Waals surface area contributed by atoms with Crippen LogP contribution in [0.15, 0.2) is 88.1 Å². The van der Waals surface area contributed by atoms with E-state index in [9.17, 15) is 19.8 Å². The van der Waals surface area contributed by atoms with Crippen LogP contribution in [0.4, 0.5) is 0 Å². The Morgan fingerprint density at radius 3 is 2.19 bits per heavy atom. The van der Waals surface area contributed by atoms with E-state index in [4.69, 9.17) is 0 Å². The minimum absolute atomic E-state index is 0.00642. The molecule has 0 heterocycles. The van der Waals surface area contributed by atoms with Gasteiger partial charge in [-0.3, -0.25) is 9.59 Å². The van der Waals surface area contributed by atoms with Crippen molar-refractivity contribution in [3.05, 3.63) is 99.7 Å². The molecule has 0 saturated carbocycles. The van der Waals surface area contributed by atoms with Crippen LogP contribution in [0.5, 0.6) is 11.5 Å². The number of hydrogen-bond donors (Lipinski definition) is 4. The summed E-state index contributed by atoms with van der Waals surface area (Å²) < 4.78 is 0.278. The van der Waals surface area contributed by atoms with E-state index in [0.29, 0.717) is 11.1 Å². The molecule has 156 valence electrons. The number of carbonyl (C=O) groups is 2. The van der Waals surface area contributed by atoms with E-state index in [1.807, 2.05) is 18.2 Å². The van der Waals surface area contributed by atoms with E-state index < -0.39 is 11.8 Å². The molecule has 0 saturated heterocycles. The number of halogens is 1. The minimum Gasteiger partial charge on any atom is -0.504 e. The van der Waals surface area contributed by atoms with E-state index in [1.165, 1.54) is 24.4 Å². The molecular formula is C23H18BrN3O4. The number of phenolic OH excluding ortho intramolecular Hbond substituents is 2. The Kier molecular flexibility index (Phi) is 7.18. The zero-order valence-electron chi connectivity index (χ0n) is 16.1. The molecule has 0 aliphatic carbocycles. The molecule has 8 heteroatoms. The highest BCUT2D eigenvalue weighted by atomic mass is 79.9. The average molecular weight is 480 g/mol. The van der Waals surface area contributed by atoms with Gasteiger partial charge in [0, 0.05) is 5.56 Å². The number of hydrogen-bond acceptors (Lipinski definition) is 5. The molecular weight excluding hydrogens is 462 g/mol. The monoisotopic (exact) mass is 479 g/mol. The van der Waals surface area contributed by atoms with Crippen molar-refractivity contribution in [1.82, 2.24) is 10.7 Å². The van der Waals surface area contributed by atoms with Crippen LogP contribution >= 0.6 is 15.9 Å². The maximum Gasteiger partial charge on any atom is 0.287 e. The number of amides is 2. The summed E-state index contributed by atoms with van der Waals surface area (Å²) in [4.78, 5) is 25.2. The molecule has 0 fully saturated rings. The smallest absolute Gasteiger partial charge is 0.287 e. The molecule has 7 nitrogen and oxygen atoms in total. The second-order valence-electron chi connectivity index (χ2n) is 6.36. The fourth-order valence-electron chi connectivity index (χ4n) is 2.56. The van der Waals surface area contributed by atoms with Crippen molar-refractivity contribution in [1.29, 1.82) is 0 Å². The predicted molar refractivity (Wildman–Crippen MR) is 122 cm³/mol. The summed E-state index contributed by atoms with van der Waals surface area (Å²) in [5, 5.41) is 25.7. The summed E-state index contributed by atoms with van der Waals surface area (Å²) in [6, 6.07) is 20.4. The number of benzene rings is 3. The molecule has 0 bridgehead atoms. The van der Waals surface area contributed by atoms with Gasteiger partial charge in [0.1, 0.15) is 5.70 Å². The molecule has 2 amide bonds. The van der Waals surface area contributed by atoms with Crippen LogP contribution in [0.3, 0.4) is 0 Å². The normalized spacial score (nSPS) is 11.3. The summed E-state index contributed by atoms with van der Waals surface area (Å²) in [6.07, 6.45) is 2.83. The molecule has 0 radical (unpaired) electrons. The molecule has 0 aromatic heterocycles. The lowest BCUT2D eigenvalue weighted by molar-refractivity contribution is -0.117. The first-order valence-electron chi connectivity index (χ1n) is 9.12. The van der Waals surface area contributed by atoms with Crippen LogP contribution in [0.2, 0.25) is 0 Å². The van der Waals surface area contributed by atoms with Gasteiger partial charge in [-0.05, 0) is 57.4 Å². The Morgan fingerprint density at radius 1 is 0.903 bits per heavy atom. The fraction of sp³-hybridized carbons (Fsp3) is 0. The van der Waals surface area contributed by atoms with E-state index in [1.54, 1.807) is 42.5 Å². The maximum atomic E-state index is 12.7. The Bertz CT molecular complexity index is 1120. The van der Waals surface area contributed by atoms with Gasteiger partial charge in [-0.25, -0.2) is 5.43 Å². The summed E-state index contributed by atoms with van der Waals surface area (Å²) in [5.41, 5.74) is 3.92. The van der Waals surface area contributed by atoms with Gasteiger partial charge in [-0.15, -0.1) is 0 Å². The summed E-state index contributed by atoms with van der Waals surface area (Å²) in [6.45, 7) is 0. The van der Waals surface area contributed by atoms with Crippen molar-refractivity contribution >= 4 is 40.0 Å². The van der Waals surface area contributed by atoms with Gasteiger partial charge < -0.3 is 15.5 Å². The van der Waals surface area contributed by atoms with Gasteiger partial charge in [0.05, 0.1) is 10.7 Å². The maximum absolute atomic E-state index is 12.7. The highest BCUT2D eigenvalue weighted by Crippen LogP contribution is 2.33. The number of aromatic hydroxyl groups is 2. The first-order chi connectivity index (χ1) is 14.9. The number of hydrazone groups is 1. The van der Waals surface area contributed by atoms with Gasteiger partial charge in [-0.2, -0.15) is 5.10 Å². The van der Waals surface area contributed by atoms with Gasteiger partial charge in [0.2, 0.25) is 0 Å². The predicted octanol–water partition coefficient (Wildman–Crippen LogP) is 3.78. The molecule has 4 N–H and O–H groups in total. The summed E-state index contributed by atoms with van der Waals surface area (Å²) >= 11 is 3.11. The van der Waals surface area contributed by atoms with Crippen molar-refractivity contribution < 1.29 is 19.8 Å². The third-order valence-corrected chi connectivity index (χ3v) is 4.69. The number of carbonyl (C=O) groups excluding carboxylic acids is 2. The highest BCUT2D eigenvalue weighted by molar-refractivity contribution is 9.10. The van der Waals surface area contributed by atoms with Crippen LogP contribution < -0.4 is 10.7 Å². The summed E-state index contributed by atoms with van der Waals surface area (Å²) in [7, 11) is 0. The van der Waals surface area contributed by atoms with Crippen molar-refractivity contribution in [3.8, 4) is 11.5 Å². The van der Waals surface area contributed by atoms with Crippen LogP contribution in [-0.4, -0.2) is 28.2 Å². The molecule has 0 aliphatic heterocycles. The van der Waals surface area contributed by atoms with E-state index >= 15 is 0 Å². The van der Waals surface area contributed by atoms with E-state index in [-0.39, 0.29) is 21.7 Å². The van der Waals surface area contributed by atoms with Crippen molar-refractivity contribution in [2.45, 2.75) is 0 Å². The fourth-order valence-corrected chi connectivity index (χ4v) is 3.03. The molecule has 3 rings (SSSR count). The largest absolute Gasteiger partial charge is 0.504 e. The molecule has 3 aromatic carbocycles. The van der Waals surface area contributed by atoms with Gasteiger partial charge in [0.25, 0.3) is 11.8 Å². The highest BCUT2D eigenvalue weighted by Gasteiger charge is 2.14. The SMILES string of the molecule is O=C(N/N=C/c1cc(O)c(O)c(Br)c1)/C(=C/c1ccccc1)NC(=O)c1ccccc1. The topological polar surface area (TPSA) is 111 Å². The average Bonchev–Trinajstić information content (AvgIpc) is 2.78. The third kappa shape index (κ3) is 6.03. The minimum atomic E-state index is -0.633. The first-order valence-corrected chi connectivity index (χ1v) is 9.91. The third-order valence-electron chi connectivity index (χ3n) is 4.08. The van der Waals surface area contributed by atoms with Crippen molar-refractivity contribution in [2.24, 2.45) is 5.10 Å².